The van der Waals surface area contributed by atoms with Crippen LogP contribution in [0.25, 0.3) is 16.5 Å². The Morgan fingerprint density at radius 3 is 2.88 bits per heavy atom. The number of H-pyrrole nitrogens is 1. The van der Waals surface area contributed by atoms with Crippen molar-refractivity contribution in [3.8, 4) is 0 Å². The van der Waals surface area contributed by atoms with Gasteiger partial charge < -0.3 is 4.98 Å². The zero-order valence-corrected chi connectivity index (χ0v) is 15.2. The molecule has 3 heteroatoms. The summed E-state index contributed by atoms with van der Waals surface area (Å²) in [7, 11) is 2.29. The molecule has 0 saturated heterocycles. The molecule has 2 aliphatic rings. The highest BCUT2D eigenvalue weighted by molar-refractivity contribution is 7.99. The summed E-state index contributed by atoms with van der Waals surface area (Å²) in [6.07, 6.45) is 5.89. The van der Waals surface area contributed by atoms with Crippen molar-refractivity contribution in [2.75, 3.05) is 19.3 Å². The summed E-state index contributed by atoms with van der Waals surface area (Å²) in [5.74, 6) is 1.73. The fraction of sp³-hybridized carbons (Fsp3) is 0.273. The Bertz CT molecular complexity index is 941. The van der Waals surface area contributed by atoms with E-state index in [0.29, 0.717) is 12.0 Å². The van der Waals surface area contributed by atoms with E-state index in [1.807, 2.05) is 11.8 Å². The third-order valence-corrected chi connectivity index (χ3v) is 6.75. The van der Waals surface area contributed by atoms with Crippen molar-refractivity contribution in [2.45, 2.75) is 17.4 Å². The molecule has 0 radical (unpaired) electrons. The number of nitrogens with zero attached hydrogens (tertiary/aromatic N) is 1. The molecule has 0 amide bonds. The number of hydrogen-bond acceptors (Lipinski definition) is 2. The molecular weight excluding hydrogens is 324 g/mol. The topological polar surface area (TPSA) is 19.0 Å². The molecule has 2 nitrogen and oxygen atoms in total. The maximum atomic E-state index is 3.45. The number of rotatable bonds is 3. The molecule has 0 spiro atoms. The number of likely N-dealkylation sites (N-methyl/N-ethyl adjacent to an activating group) is 1. The largest absolute Gasteiger partial charge is 0.361 e. The minimum absolute atomic E-state index is 0.520. The normalized spacial score (nSPS) is 22.7. The van der Waals surface area contributed by atoms with Crippen LogP contribution in [0.5, 0.6) is 0 Å². The molecular formula is C22H22N2S. The lowest BCUT2D eigenvalue weighted by Gasteiger charge is -2.40. The molecule has 5 rings (SSSR count). The first kappa shape index (κ1) is 15.3. The van der Waals surface area contributed by atoms with E-state index in [4.69, 9.17) is 0 Å². The molecule has 1 aliphatic heterocycles. The Hall–Kier alpha value is -1.97. The molecule has 25 heavy (non-hydrogen) atoms. The van der Waals surface area contributed by atoms with Crippen LogP contribution < -0.4 is 0 Å². The molecule has 2 heterocycles. The molecule has 1 unspecified atom stereocenters. The molecule has 0 fully saturated rings. The zero-order valence-electron chi connectivity index (χ0n) is 14.4. The first-order valence-corrected chi connectivity index (χ1v) is 9.97. The first-order valence-electron chi connectivity index (χ1n) is 8.99. The maximum absolute atomic E-state index is 3.45. The predicted molar refractivity (Wildman–Crippen MR) is 107 cm³/mol. The van der Waals surface area contributed by atoms with E-state index in [9.17, 15) is 0 Å². The lowest BCUT2D eigenvalue weighted by Crippen LogP contribution is -2.43. The highest BCUT2D eigenvalue weighted by Crippen LogP contribution is 2.41. The Kier molecular flexibility index (Phi) is 3.72. The number of hydrogen-bond donors (Lipinski definition) is 1. The molecule has 1 aromatic heterocycles. The quantitative estimate of drug-likeness (QED) is 0.685. The molecule has 0 saturated carbocycles. The van der Waals surface area contributed by atoms with Gasteiger partial charge in [0.1, 0.15) is 0 Å². The van der Waals surface area contributed by atoms with Gasteiger partial charge in [0.15, 0.2) is 0 Å². The standard InChI is InChI=1S/C22H22N2S/c1-24-13-15(14-25-17-6-3-2-4-7-17)10-19-18-8-5-9-20-22(18)16(12-23-20)11-21(19)24/h2-10,12,15,21,23H,11,13-14H2,1H3/t15?,21-/m0/s1. The van der Waals surface area contributed by atoms with E-state index >= 15 is 0 Å². The third kappa shape index (κ3) is 2.62. The van der Waals surface area contributed by atoms with Gasteiger partial charge in [-0.05, 0) is 54.3 Å². The highest BCUT2D eigenvalue weighted by Gasteiger charge is 2.33. The summed E-state index contributed by atoms with van der Waals surface area (Å²) < 4.78 is 0. The van der Waals surface area contributed by atoms with E-state index in [0.717, 1.165) is 18.7 Å². The van der Waals surface area contributed by atoms with Crippen LogP contribution in [0.2, 0.25) is 0 Å². The van der Waals surface area contributed by atoms with Gasteiger partial charge in [-0.15, -0.1) is 11.8 Å². The summed E-state index contributed by atoms with van der Waals surface area (Å²) in [5.41, 5.74) is 5.71. The second-order valence-corrected chi connectivity index (χ2v) is 8.30. The van der Waals surface area contributed by atoms with Gasteiger partial charge >= 0.3 is 0 Å². The van der Waals surface area contributed by atoms with Crippen molar-refractivity contribution >= 4 is 28.2 Å². The summed E-state index contributed by atoms with van der Waals surface area (Å²) >= 11 is 1.97. The van der Waals surface area contributed by atoms with Crippen LogP contribution >= 0.6 is 11.8 Å². The van der Waals surface area contributed by atoms with Crippen LogP contribution in [0.15, 0.2) is 65.7 Å². The molecule has 0 bridgehead atoms. The average molecular weight is 346 g/mol. The van der Waals surface area contributed by atoms with Gasteiger partial charge in [0.05, 0.1) is 0 Å². The molecule has 1 N–H and O–H groups in total. The van der Waals surface area contributed by atoms with Gasteiger partial charge in [-0.3, -0.25) is 4.90 Å². The van der Waals surface area contributed by atoms with Crippen LogP contribution in [-0.2, 0) is 6.42 Å². The van der Waals surface area contributed by atoms with Crippen LogP contribution in [-0.4, -0.2) is 35.3 Å². The summed E-state index contributed by atoms with van der Waals surface area (Å²) in [6.45, 7) is 1.14. The second-order valence-electron chi connectivity index (χ2n) is 7.21. The Labute approximate surface area is 152 Å². The Morgan fingerprint density at radius 1 is 1.12 bits per heavy atom. The van der Waals surface area contributed by atoms with Crippen molar-refractivity contribution in [1.82, 2.24) is 9.88 Å². The number of fused-ring (bicyclic) bond motifs is 2. The summed E-state index contributed by atoms with van der Waals surface area (Å²) in [4.78, 5) is 7.37. The molecule has 1 aliphatic carbocycles. The highest BCUT2D eigenvalue weighted by atomic mass is 32.2. The zero-order chi connectivity index (χ0) is 16.8. The summed E-state index contributed by atoms with van der Waals surface area (Å²) in [6, 6.07) is 18.0. The first-order chi connectivity index (χ1) is 12.3. The van der Waals surface area contributed by atoms with Gasteiger partial charge in [-0.1, -0.05) is 36.4 Å². The van der Waals surface area contributed by atoms with Crippen LogP contribution in [0.4, 0.5) is 0 Å². The Morgan fingerprint density at radius 2 is 2.00 bits per heavy atom. The van der Waals surface area contributed by atoms with Crippen LogP contribution in [0.3, 0.4) is 0 Å². The number of thioether (sulfide) groups is 1. The van der Waals surface area contributed by atoms with Crippen molar-refractivity contribution in [2.24, 2.45) is 5.92 Å². The number of nitrogens with one attached hydrogen (secondary N) is 1. The number of aromatic amines is 1. The smallest absolute Gasteiger partial charge is 0.0462 e. The number of benzene rings is 2. The minimum atomic E-state index is 0.520. The monoisotopic (exact) mass is 346 g/mol. The van der Waals surface area contributed by atoms with Crippen molar-refractivity contribution in [3.63, 3.8) is 0 Å². The SMILES string of the molecule is CN1CC(CSc2ccccc2)C=C2c3cccc4[nH]cc(c34)C[C@@H]21. The van der Waals surface area contributed by atoms with E-state index in [2.05, 4.69) is 77.7 Å². The molecule has 2 aromatic carbocycles. The van der Waals surface area contributed by atoms with E-state index < -0.39 is 0 Å². The maximum Gasteiger partial charge on any atom is 0.0462 e. The van der Waals surface area contributed by atoms with Crippen molar-refractivity contribution < 1.29 is 0 Å². The van der Waals surface area contributed by atoms with E-state index in [1.165, 1.54) is 32.5 Å². The lowest BCUT2D eigenvalue weighted by atomic mass is 9.80. The average Bonchev–Trinajstić information content (AvgIpc) is 3.06. The fourth-order valence-corrected chi connectivity index (χ4v) is 5.33. The van der Waals surface area contributed by atoms with Gasteiger partial charge in [-0.25, -0.2) is 0 Å². The molecule has 3 aromatic rings. The Balaban J connectivity index is 1.48. The van der Waals surface area contributed by atoms with Gasteiger partial charge in [0.2, 0.25) is 0 Å². The molecule has 126 valence electrons. The van der Waals surface area contributed by atoms with Crippen molar-refractivity contribution in [3.05, 3.63) is 71.9 Å². The fourth-order valence-electron chi connectivity index (χ4n) is 4.37. The second kappa shape index (κ2) is 6.08. The van der Waals surface area contributed by atoms with Crippen molar-refractivity contribution in [1.29, 1.82) is 0 Å². The summed E-state index contributed by atoms with van der Waals surface area (Å²) in [5, 5.41) is 1.44. The van der Waals surface area contributed by atoms with Gasteiger partial charge in [0.25, 0.3) is 0 Å². The third-order valence-electron chi connectivity index (χ3n) is 5.55. The van der Waals surface area contributed by atoms with E-state index in [-0.39, 0.29) is 0 Å². The predicted octanol–water partition coefficient (Wildman–Crippen LogP) is 4.83. The molecule has 2 atom stereocenters. The van der Waals surface area contributed by atoms with Crippen LogP contribution in [0, 0.1) is 5.92 Å². The van der Waals surface area contributed by atoms with Gasteiger partial charge in [-0.2, -0.15) is 0 Å². The number of aromatic nitrogens is 1. The minimum Gasteiger partial charge on any atom is -0.361 e. The van der Waals surface area contributed by atoms with E-state index in [1.54, 1.807) is 0 Å². The van der Waals surface area contributed by atoms with Gasteiger partial charge in [0, 0.05) is 40.3 Å². The van der Waals surface area contributed by atoms with Crippen LogP contribution in [0.1, 0.15) is 11.1 Å². The lowest BCUT2D eigenvalue weighted by molar-refractivity contribution is 0.253.